The van der Waals surface area contributed by atoms with Gasteiger partial charge in [0, 0.05) is 5.75 Å². The molecule has 0 saturated carbocycles. The van der Waals surface area contributed by atoms with Gasteiger partial charge < -0.3 is 0 Å². The van der Waals surface area contributed by atoms with Crippen LogP contribution in [0.5, 0.6) is 0 Å². The zero-order valence-corrected chi connectivity index (χ0v) is 16.5. The molecule has 0 amide bonds. The van der Waals surface area contributed by atoms with Crippen LogP contribution < -0.4 is 0 Å². The van der Waals surface area contributed by atoms with Crippen LogP contribution in [0, 0.1) is 0 Å². The van der Waals surface area contributed by atoms with Gasteiger partial charge >= 0.3 is 0 Å². The third-order valence-corrected chi connectivity index (χ3v) is 6.10. The van der Waals surface area contributed by atoms with Crippen LogP contribution in [0.3, 0.4) is 0 Å². The summed E-state index contributed by atoms with van der Waals surface area (Å²) in [5.41, 5.74) is 0. The van der Waals surface area contributed by atoms with Crippen molar-refractivity contribution >= 4 is 21.6 Å². The molecule has 0 aromatic rings. The Morgan fingerprint density at radius 3 is 1.14 bits per heavy atom. The number of rotatable bonds is 18. The molecule has 128 valence electrons. The lowest BCUT2D eigenvalue weighted by Crippen LogP contribution is -1.84. The zero-order valence-electron chi connectivity index (χ0n) is 14.8. The Kier molecular flexibility index (Phi) is 21.4. The first-order valence-corrected chi connectivity index (χ1v) is 12.3. The van der Waals surface area contributed by atoms with Gasteiger partial charge in [-0.15, -0.1) is 0 Å². The lowest BCUT2D eigenvalue weighted by Gasteiger charge is -2.03. The smallest absolute Gasteiger partial charge is 0.00368 e. The van der Waals surface area contributed by atoms with Crippen LogP contribution in [0.2, 0.25) is 0 Å². The summed E-state index contributed by atoms with van der Waals surface area (Å²) in [6.07, 6.45) is 25.6. The minimum atomic E-state index is 1.35. The summed E-state index contributed by atoms with van der Waals surface area (Å²) >= 11 is 0. The summed E-state index contributed by atoms with van der Waals surface area (Å²) in [6.45, 7) is 2.30. The van der Waals surface area contributed by atoms with Gasteiger partial charge in [0.25, 0.3) is 0 Å². The molecule has 0 spiro atoms. The largest absolute Gasteiger partial charge is 0.0976 e. The van der Waals surface area contributed by atoms with E-state index in [1.807, 2.05) is 21.6 Å². The second-order valence-corrected chi connectivity index (χ2v) is 8.98. The molecule has 0 aliphatic carbocycles. The molecular weight excluding hydrogens is 292 g/mol. The Bertz CT molecular complexity index is 153. The van der Waals surface area contributed by atoms with Crippen molar-refractivity contribution in [3.05, 3.63) is 0 Å². The van der Waals surface area contributed by atoms with E-state index < -0.39 is 0 Å². The fourth-order valence-corrected chi connectivity index (χ4v) is 4.13. The molecule has 0 aromatic heterocycles. The van der Waals surface area contributed by atoms with Crippen molar-refractivity contribution in [2.75, 3.05) is 12.0 Å². The molecule has 0 saturated heterocycles. The molecule has 0 heterocycles. The minimum absolute atomic E-state index is 1.35. The maximum absolute atomic E-state index is 2.30. The molecule has 0 radical (unpaired) electrons. The van der Waals surface area contributed by atoms with Gasteiger partial charge in [0.1, 0.15) is 0 Å². The van der Waals surface area contributed by atoms with Gasteiger partial charge in [0.15, 0.2) is 0 Å². The molecule has 0 bridgehead atoms. The highest BCUT2D eigenvalue weighted by molar-refractivity contribution is 8.76. The van der Waals surface area contributed by atoms with Gasteiger partial charge in [-0.3, -0.25) is 0 Å². The van der Waals surface area contributed by atoms with Crippen molar-refractivity contribution in [3.63, 3.8) is 0 Å². The van der Waals surface area contributed by atoms with Gasteiger partial charge in [0.05, 0.1) is 0 Å². The Balaban J connectivity index is 2.90. The predicted molar refractivity (Wildman–Crippen MR) is 106 cm³/mol. The van der Waals surface area contributed by atoms with E-state index in [1.54, 1.807) is 0 Å². The summed E-state index contributed by atoms with van der Waals surface area (Å²) in [5.74, 6) is 1.35. The predicted octanol–water partition coefficient (Wildman–Crippen LogP) is 8.26. The standard InChI is InChI=1S/C19H40S2/c1-3-4-5-6-7-8-9-10-11-12-13-14-15-16-17-18-19-21-20-2/h3-19H2,1-2H3. The van der Waals surface area contributed by atoms with Crippen molar-refractivity contribution in [2.45, 2.75) is 110 Å². The SMILES string of the molecule is CCCCCCCCCCCCCCCCCCSSC. The van der Waals surface area contributed by atoms with Crippen molar-refractivity contribution < 1.29 is 0 Å². The van der Waals surface area contributed by atoms with Crippen LogP contribution in [0.25, 0.3) is 0 Å². The second kappa shape index (κ2) is 20.7. The van der Waals surface area contributed by atoms with Gasteiger partial charge in [0.2, 0.25) is 0 Å². The third kappa shape index (κ3) is 20.7. The summed E-state index contributed by atoms with van der Waals surface area (Å²) in [7, 11) is 3.92. The molecule has 0 N–H and O–H groups in total. The van der Waals surface area contributed by atoms with E-state index in [0.717, 1.165) is 0 Å². The fraction of sp³-hybridized carbons (Fsp3) is 1.00. The lowest BCUT2D eigenvalue weighted by atomic mass is 10.0. The van der Waals surface area contributed by atoms with Gasteiger partial charge in [-0.1, -0.05) is 125 Å². The monoisotopic (exact) mass is 332 g/mol. The number of unbranched alkanes of at least 4 members (excludes halogenated alkanes) is 15. The summed E-state index contributed by atoms with van der Waals surface area (Å²) in [6, 6.07) is 0. The molecule has 21 heavy (non-hydrogen) atoms. The van der Waals surface area contributed by atoms with Crippen LogP contribution in [0.4, 0.5) is 0 Å². The van der Waals surface area contributed by atoms with E-state index in [4.69, 9.17) is 0 Å². The van der Waals surface area contributed by atoms with Crippen LogP contribution in [-0.2, 0) is 0 Å². The van der Waals surface area contributed by atoms with Crippen molar-refractivity contribution in [1.29, 1.82) is 0 Å². The van der Waals surface area contributed by atoms with Crippen molar-refractivity contribution in [2.24, 2.45) is 0 Å². The summed E-state index contributed by atoms with van der Waals surface area (Å²) in [4.78, 5) is 0. The lowest BCUT2D eigenvalue weighted by molar-refractivity contribution is 0.532. The average molecular weight is 333 g/mol. The zero-order chi connectivity index (χ0) is 15.4. The van der Waals surface area contributed by atoms with Crippen LogP contribution in [-0.4, -0.2) is 12.0 Å². The van der Waals surface area contributed by atoms with Gasteiger partial charge in [-0.25, -0.2) is 0 Å². The molecule has 0 nitrogen and oxygen atoms in total. The molecule has 0 fully saturated rings. The Morgan fingerprint density at radius 1 is 0.476 bits per heavy atom. The maximum Gasteiger partial charge on any atom is 0.00368 e. The van der Waals surface area contributed by atoms with E-state index in [0.29, 0.717) is 0 Å². The highest BCUT2D eigenvalue weighted by Crippen LogP contribution is 2.19. The van der Waals surface area contributed by atoms with Crippen molar-refractivity contribution in [1.82, 2.24) is 0 Å². The van der Waals surface area contributed by atoms with Gasteiger partial charge in [-0.05, 0) is 12.7 Å². The second-order valence-electron chi connectivity index (χ2n) is 6.29. The first kappa shape index (κ1) is 21.7. The molecule has 0 unspecified atom stereocenters. The van der Waals surface area contributed by atoms with Crippen LogP contribution in [0.15, 0.2) is 0 Å². The molecule has 0 aromatic carbocycles. The molecule has 0 aliphatic heterocycles. The first-order chi connectivity index (χ1) is 10.4. The summed E-state index contributed by atoms with van der Waals surface area (Å²) < 4.78 is 0. The first-order valence-electron chi connectivity index (χ1n) is 9.57. The van der Waals surface area contributed by atoms with Crippen LogP contribution in [0.1, 0.15) is 110 Å². The molecule has 2 heteroatoms. The van der Waals surface area contributed by atoms with E-state index in [1.165, 1.54) is 108 Å². The van der Waals surface area contributed by atoms with E-state index in [9.17, 15) is 0 Å². The third-order valence-electron chi connectivity index (χ3n) is 4.20. The Labute approximate surface area is 143 Å². The topological polar surface area (TPSA) is 0 Å². The maximum atomic E-state index is 2.30. The minimum Gasteiger partial charge on any atom is -0.0976 e. The van der Waals surface area contributed by atoms with Crippen LogP contribution >= 0.6 is 21.6 Å². The van der Waals surface area contributed by atoms with E-state index in [2.05, 4.69) is 13.2 Å². The number of hydrogen-bond donors (Lipinski definition) is 0. The highest BCUT2D eigenvalue weighted by atomic mass is 33.1. The normalized spacial score (nSPS) is 11.1. The highest BCUT2D eigenvalue weighted by Gasteiger charge is 1.94. The quantitative estimate of drug-likeness (QED) is 0.183. The Hall–Kier alpha value is 0.700. The molecule has 0 atom stereocenters. The molecular formula is C19H40S2. The van der Waals surface area contributed by atoms with Crippen molar-refractivity contribution in [3.8, 4) is 0 Å². The fourth-order valence-electron chi connectivity index (χ4n) is 2.79. The molecule has 0 rings (SSSR count). The average Bonchev–Trinajstić information content (AvgIpc) is 2.50. The van der Waals surface area contributed by atoms with Gasteiger partial charge in [-0.2, -0.15) is 0 Å². The Morgan fingerprint density at radius 2 is 0.810 bits per heavy atom. The van der Waals surface area contributed by atoms with E-state index >= 15 is 0 Å². The molecule has 0 aliphatic rings. The van der Waals surface area contributed by atoms with E-state index in [-0.39, 0.29) is 0 Å². The summed E-state index contributed by atoms with van der Waals surface area (Å²) in [5, 5.41) is 0. The number of hydrogen-bond acceptors (Lipinski definition) is 2.